The molecule has 0 radical (unpaired) electrons. The fraction of sp³-hybridized carbons (Fsp3) is 0.0714. The van der Waals surface area contributed by atoms with Gasteiger partial charge >= 0.3 is 5.97 Å². The second kappa shape index (κ2) is 5.23. The van der Waals surface area contributed by atoms with Crippen LogP contribution in [0.1, 0.15) is 16.8 Å². The first-order valence-corrected chi connectivity index (χ1v) is 5.42. The number of carbonyl (C=O) groups is 2. The van der Waals surface area contributed by atoms with Crippen molar-refractivity contribution < 1.29 is 14.7 Å². The Morgan fingerprint density at radius 2 is 1.89 bits per heavy atom. The highest BCUT2D eigenvalue weighted by Crippen LogP contribution is 2.19. The summed E-state index contributed by atoms with van der Waals surface area (Å²) in [7, 11) is 0. The first kappa shape index (κ1) is 12.0. The van der Waals surface area contributed by atoms with Gasteiger partial charge in [0.2, 0.25) is 0 Å². The normalized spacial score (nSPS) is 10.0. The van der Waals surface area contributed by atoms with E-state index >= 15 is 0 Å². The minimum absolute atomic E-state index is 0.395. The highest BCUT2D eigenvalue weighted by atomic mass is 16.4. The SMILES string of the molecule is O=C(O)CC(=O)c1cccc(-c2cccnc2)c1. The summed E-state index contributed by atoms with van der Waals surface area (Å²) in [5.41, 5.74) is 2.14. The maximum atomic E-state index is 11.6. The number of carboxylic acid groups (broad SMARTS) is 1. The molecule has 0 saturated carbocycles. The van der Waals surface area contributed by atoms with E-state index < -0.39 is 18.2 Å². The van der Waals surface area contributed by atoms with E-state index in [1.165, 1.54) is 0 Å². The van der Waals surface area contributed by atoms with Gasteiger partial charge in [0.1, 0.15) is 6.42 Å². The molecule has 2 rings (SSSR count). The van der Waals surface area contributed by atoms with Gasteiger partial charge in [-0.05, 0) is 17.7 Å². The molecule has 0 aliphatic heterocycles. The number of Topliss-reactive ketones (excluding diaryl/α,β-unsaturated/α-hetero) is 1. The molecule has 1 aromatic heterocycles. The number of ketones is 1. The lowest BCUT2D eigenvalue weighted by Gasteiger charge is -2.03. The summed E-state index contributed by atoms with van der Waals surface area (Å²) in [5.74, 6) is -1.51. The van der Waals surface area contributed by atoms with Crippen molar-refractivity contribution in [2.45, 2.75) is 6.42 Å². The van der Waals surface area contributed by atoms with Gasteiger partial charge in [-0.15, -0.1) is 0 Å². The minimum atomic E-state index is -1.12. The zero-order chi connectivity index (χ0) is 13.0. The number of nitrogens with zero attached hydrogens (tertiary/aromatic N) is 1. The zero-order valence-electron chi connectivity index (χ0n) is 9.54. The molecule has 90 valence electrons. The van der Waals surface area contributed by atoms with Crippen molar-refractivity contribution in [3.8, 4) is 11.1 Å². The molecule has 0 aliphatic rings. The number of aliphatic carboxylic acids is 1. The van der Waals surface area contributed by atoms with Gasteiger partial charge in [0.15, 0.2) is 5.78 Å². The number of rotatable bonds is 4. The Bertz CT molecular complexity index is 579. The van der Waals surface area contributed by atoms with E-state index in [0.717, 1.165) is 11.1 Å². The molecule has 0 amide bonds. The van der Waals surface area contributed by atoms with Crippen LogP contribution in [0.5, 0.6) is 0 Å². The summed E-state index contributed by atoms with van der Waals surface area (Å²) >= 11 is 0. The summed E-state index contributed by atoms with van der Waals surface area (Å²) in [4.78, 5) is 26.2. The van der Waals surface area contributed by atoms with E-state index in [2.05, 4.69) is 4.98 Å². The fourth-order valence-electron chi connectivity index (χ4n) is 1.65. The maximum absolute atomic E-state index is 11.6. The summed E-state index contributed by atoms with van der Waals surface area (Å²) in [6.45, 7) is 0. The summed E-state index contributed by atoms with van der Waals surface area (Å²) < 4.78 is 0. The number of aromatic nitrogens is 1. The molecule has 0 atom stereocenters. The molecule has 0 saturated heterocycles. The van der Waals surface area contributed by atoms with Crippen LogP contribution in [0.15, 0.2) is 48.8 Å². The Morgan fingerprint density at radius 1 is 1.11 bits per heavy atom. The standard InChI is InChI=1S/C14H11NO3/c16-13(8-14(17)18)11-4-1-3-10(7-11)12-5-2-6-15-9-12/h1-7,9H,8H2,(H,17,18). The molecule has 4 nitrogen and oxygen atoms in total. The van der Waals surface area contributed by atoms with Gasteiger partial charge in [-0.25, -0.2) is 0 Å². The fourth-order valence-corrected chi connectivity index (χ4v) is 1.65. The molecular weight excluding hydrogens is 230 g/mol. The Labute approximate surface area is 104 Å². The largest absolute Gasteiger partial charge is 0.481 e. The van der Waals surface area contributed by atoms with E-state index in [1.807, 2.05) is 12.1 Å². The van der Waals surface area contributed by atoms with Gasteiger partial charge in [0, 0.05) is 23.5 Å². The van der Waals surface area contributed by atoms with Crippen LogP contribution in [0.2, 0.25) is 0 Å². The van der Waals surface area contributed by atoms with Crippen molar-refractivity contribution in [1.82, 2.24) is 4.98 Å². The molecule has 0 spiro atoms. The van der Waals surface area contributed by atoms with Crippen LogP contribution in [0, 0.1) is 0 Å². The van der Waals surface area contributed by atoms with Gasteiger partial charge < -0.3 is 5.11 Å². The molecule has 1 N–H and O–H groups in total. The van der Waals surface area contributed by atoms with Crippen LogP contribution in [-0.4, -0.2) is 21.8 Å². The first-order valence-electron chi connectivity index (χ1n) is 5.42. The summed E-state index contributed by atoms with van der Waals surface area (Å²) in [5, 5.41) is 8.60. The van der Waals surface area contributed by atoms with Crippen molar-refractivity contribution in [1.29, 1.82) is 0 Å². The third-order valence-electron chi connectivity index (χ3n) is 2.49. The number of carbonyl (C=O) groups excluding carboxylic acids is 1. The average Bonchev–Trinajstić information content (AvgIpc) is 2.39. The third kappa shape index (κ3) is 2.79. The monoisotopic (exact) mass is 241 g/mol. The van der Waals surface area contributed by atoms with Gasteiger partial charge in [0.05, 0.1) is 0 Å². The molecule has 0 bridgehead atoms. The summed E-state index contributed by atoms with van der Waals surface area (Å²) in [6.07, 6.45) is 2.88. The molecule has 1 aromatic carbocycles. The van der Waals surface area contributed by atoms with Crippen molar-refractivity contribution in [2.75, 3.05) is 0 Å². The number of carboxylic acids is 1. The molecular formula is C14H11NO3. The second-order valence-electron chi connectivity index (χ2n) is 3.82. The highest BCUT2D eigenvalue weighted by molar-refractivity contribution is 6.06. The van der Waals surface area contributed by atoms with E-state index in [0.29, 0.717) is 5.56 Å². The van der Waals surface area contributed by atoms with Crippen molar-refractivity contribution >= 4 is 11.8 Å². The topological polar surface area (TPSA) is 67.3 Å². The van der Waals surface area contributed by atoms with Crippen LogP contribution in [0.3, 0.4) is 0 Å². The molecule has 2 aromatic rings. The lowest BCUT2D eigenvalue weighted by atomic mass is 10.0. The quantitative estimate of drug-likeness (QED) is 0.659. The van der Waals surface area contributed by atoms with Crippen LogP contribution < -0.4 is 0 Å². The van der Waals surface area contributed by atoms with Gasteiger partial charge in [-0.2, -0.15) is 0 Å². The maximum Gasteiger partial charge on any atom is 0.311 e. The minimum Gasteiger partial charge on any atom is -0.481 e. The van der Waals surface area contributed by atoms with E-state index in [1.54, 1.807) is 36.7 Å². The van der Waals surface area contributed by atoms with E-state index in [-0.39, 0.29) is 0 Å². The van der Waals surface area contributed by atoms with Crippen LogP contribution in [0.4, 0.5) is 0 Å². The van der Waals surface area contributed by atoms with Gasteiger partial charge in [-0.3, -0.25) is 14.6 Å². The Balaban J connectivity index is 2.31. The van der Waals surface area contributed by atoms with Crippen LogP contribution >= 0.6 is 0 Å². The predicted octanol–water partition coefficient (Wildman–Crippen LogP) is 2.41. The Morgan fingerprint density at radius 3 is 2.56 bits per heavy atom. The molecule has 0 unspecified atom stereocenters. The van der Waals surface area contributed by atoms with Crippen LogP contribution in [-0.2, 0) is 4.79 Å². The Kier molecular flexibility index (Phi) is 3.48. The first-order chi connectivity index (χ1) is 8.66. The molecule has 0 aliphatic carbocycles. The second-order valence-corrected chi connectivity index (χ2v) is 3.82. The molecule has 4 heteroatoms. The van der Waals surface area contributed by atoms with Crippen LogP contribution in [0.25, 0.3) is 11.1 Å². The van der Waals surface area contributed by atoms with Crippen molar-refractivity contribution in [3.05, 3.63) is 54.4 Å². The van der Waals surface area contributed by atoms with E-state index in [4.69, 9.17) is 5.11 Å². The smallest absolute Gasteiger partial charge is 0.311 e. The average molecular weight is 241 g/mol. The molecule has 1 heterocycles. The third-order valence-corrected chi connectivity index (χ3v) is 2.49. The summed E-state index contributed by atoms with van der Waals surface area (Å²) in [6, 6.07) is 10.6. The number of hydrogen-bond donors (Lipinski definition) is 1. The van der Waals surface area contributed by atoms with E-state index in [9.17, 15) is 9.59 Å². The lowest BCUT2D eigenvalue weighted by molar-refractivity contribution is -0.135. The van der Waals surface area contributed by atoms with Crippen molar-refractivity contribution in [2.24, 2.45) is 0 Å². The van der Waals surface area contributed by atoms with Gasteiger partial charge in [0.25, 0.3) is 0 Å². The zero-order valence-corrected chi connectivity index (χ0v) is 9.54. The van der Waals surface area contributed by atoms with Gasteiger partial charge in [-0.1, -0.05) is 24.3 Å². The van der Waals surface area contributed by atoms with Crippen molar-refractivity contribution in [3.63, 3.8) is 0 Å². The molecule has 0 fully saturated rings. The highest BCUT2D eigenvalue weighted by Gasteiger charge is 2.11. The number of pyridine rings is 1. The number of hydrogen-bond acceptors (Lipinski definition) is 3. The Hall–Kier alpha value is -2.49. The molecule has 18 heavy (non-hydrogen) atoms. The predicted molar refractivity (Wildman–Crippen MR) is 66.3 cm³/mol. The lowest BCUT2D eigenvalue weighted by Crippen LogP contribution is -2.06. The number of benzene rings is 1.